The normalized spacial score (nSPS) is 15.9. The molecule has 6 nitrogen and oxygen atoms in total. The van der Waals surface area contributed by atoms with E-state index in [0.29, 0.717) is 19.6 Å². The fraction of sp³-hybridized carbons (Fsp3) is 0.318. The van der Waals surface area contributed by atoms with Crippen molar-refractivity contribution in [2.24, 2.45) is 0 Å². The topological polar surface area (TPSA) is 58.4 Å². The minimum Gasteiger partial charge on any atom is -0.335 e. The molecule has 144 valence electrons. The van der Waals surface area contributed by atoms with Gasteiger partial charge in [-0.2, -0.15) is 0 Å². The van der Waals surface area contributed by atoms with Gasteiger partial charge in [-0.3, -0.25) is 9.59 Å². The highest BCUT2D eigenvalue weighted by molar-refractivity contribution is 5.89. The third-order valence-electron chi connectivity index (χ3n) is 5.38. The van der Waals surface area contributed by atoms with E-state index in [0.717, 1.165) is 16.6 Å². The zero-order valence-electron chi connectivity index (χ0n) is 16.2. The summed E-state index contributed by atoms with van der Waals surface area (Å²) in [7, 11) is 0. The van der Waals surface area contributed by atoms with Crippen LogP contribution in [-0.4, -0.2) is 50.8 Å². The third kappa shape index (κ3) is 3.50. The number of hydrogen-bond acceptors (Lipinski definition) is 3. The number of aryl methyl sites for hydroxylation is 1. The smallest absolute Gasteiger partial charge is 0.245 e. The predicted molar refractivity (Wildman–Crippen MR) is 108 cm³/mol. The quantitative estimate of drug-likeness (QED) is 0.704. The van der Waals surface area contributed by atoms with Crippen molar-refractivity contribution in [2.45, 2.75) is 26.4 Å². The van der Waals surface area contributed by atoms with Crippen molar-refractivity contribution in [2.75, 3.05) is 19.6 Å². The molecule has 0 bridgehead atoms. The van der Waals surface area contributed by atoms with Gasteiger partial charge in [-0.15, -0.1) is 0 Å². The molecular formula is C22H24N4O2. The summed E-state index contributed by atoms with van der Waals surface area (Å²) in [4.78, 5) is 33.5. The highest BCUT2D eigenvalue weighted by Crippen LogP contribution is 2.20. The second-order valence-corrected chi connectivity index (χ2v) is 7.38. The number of carbonyl (C=O) groups is 2. The molecule has 1 aromatic heterocycles. The molecular weight excluding hydrogens is 352 g/mol. The van der Waals surface area contributed by atoms with Crippen LogP contribution in [0.3, 0.4) is 0 Å². The Hall–Kier alpha value is -3.15. The lowest BCUT2D eigenvalue weighted by atomic mass is 10.1. The van der Waals surface area contributed by atoms with E-state index in [-0.39, 0.29) is 18.4 Å². The van der Waals surface area contributed by atoms with Gasteiger partial charge in [-0.05, 0) is 31.5 Å². The summed E-state index contributed by atoms with van der Waals surface area (Å²) < 4.78 is 1.88. The average Bonchev–Trinajstić information content (AvgIpc) is 3.14. The van der Waals surface area contributed by atoms with Crippen molar-refractivity contribution in [3.05, 3.63) is 66.0 Å². The number of benzene rings is 2. The number of aromatic nitrogens is 2. The number of nitrogens with zero attached hydrogens (tertiary/aromatic N) is 4. The largest absolute Gasteiger partial charge is 0.335 e. The van der Waals surface area contributed by atoms with Gasteiger partial charge in [0, 0.05) is 19.6 Å². The summed E-state index contributed by atoms with van der Waals surface area (Å²) >= 11 is 0. The Labute approximate surface area is 164 Å². The number of carbonyl (C=O) groups excluding carboxylic acids is 2. The van der Waals surface area contributed by atoms with Crippen LogP contribution < -0.4 is 0 Å². The fourth-order valence-corrected chi connectivity index (χ4v) is 3.65. The van der Waals surface area contributed by atoms with Crippen LogP contribution in [0.1, 0.15) is 24.1 Å². The highest BCUT2D eigenvalue weighted by Gasteiger charge is 2.30. The number of imidazole rings is 1. The molecule has 0 radical (unpaired) electrons. The van der Waals surface area contributed by atoms with Crippen molar-refractivity contribution < 1.29 is 9.59 Å². The lowest BCUT2D eigenvalue weighted by Gasteiger charge is -2.35. The van der Waals surface area contributed by atoms with E-state index in [1.54, 1.807) is 11.2 Å². The van der Waals surface area contributed by atoms with Crippen LogP contribution in [0.5, 0.6) is 0 Å². The second kappa shape index (κ2) is 7.46. The first-order valence-corrected chi connectivity index (χ1v) is 9.56. The standard InChI is InChI=1S/C22H24N4O2/c1-16-7-9-18(10-8-16)13-24-11-12-25(14-21(24)27)22(28)17(2)26-15-23-19-5-3-4-6-20(19)26/h3-10,15,17H,11-14H2,1-2H3. The van der Waals surface area contributed by atoms with Crippen molar-refractivity contribution in [3.63, 3.8) is 0 Å². The van der Waals surface area contributed by atoms with Gasteiger partial charge < -0.3 is 14.4 Å². The molecule has 2 heterocycles. The third-order valence-corrected chi connectivity index (χ3v) is 5.38. The molecule has 1 fully saturated rings. The van der Waals surface area contributed by atoms with Gasteiger partial charge >= 0.3 is 0 Å². The van der Waals surface area contributed by atoms with E-state index < -0.39 is 6.04 Å². The molecule has 0 saturated carbocycles. The number of hydrogen-bond donors (Lipinski definition) is 0. The highest BCUT2D eigenvalue weighted by atomic mass is 16.2. The molecule has 3 aromatic rings. The molecule has 0 spiro atoms. The van der Waals surface area contributed by atoms with Crippen LogP contribution in [0.25, 0.3) is 11.0 Å². The Kier molecular flexibility index (Phi) is 4.86. The van der Waals surface area contributed by atoms with Crippen LogP contribution in [0.4, 0.5) is 0 Å². The zero-order chi connectivity index (χ0) is 19.7. The predicted octanol–water partition coefficient (Wildman–Crippen LogP) is 2.78. The maximum absolute atomic E-state index is 13.0. The number of fused-ring (bicyclic) bond motifs is 1. The van der Waals surface area contributed by atoms with Crippen LogP contribution >= 0.6 is 0 Å². The van der Waals surface area contributed by atoms with E-state index in [1.807, 2.05) is 59.7 Å². The maximum Gasteiger partial charge on any atom is 0.245 e. The molecule has 1 atom stereocenters. The first-order chi connectivity index (χ1) is 13.5. The Balaban J connectivity index is 1.42. The molecule has 6 heteroatoms. The SMILES string of the molecule is Cc1ccc(CN2CCN(C(=O)C(C)n3cnc4ccccc43)CC2=O)cc1. The van der Waals surface area contributed by atoms with Gasteiger partial charge in [-0.25, -0.2) is 4.98 Å². The first kappa shape index (κ1) is 18.2. The van der Waals surface area contributed by atoms with E-state index in [4.69, 9.17) is 0 Å². The summed E-state index contributed by atoms with van der Waals surface area (Å²) in [5, 5.41) is 0. The first-order valence-electron chi connectivity index (χ1n) is 9.56. The van der Waals surface area contributed by atoms with Crippen LogP contribution in [-0.2, 0) is 16.1 Å². The molecule has 4 rings (SSSR count). The number of rotatable bonds is 4. The molecule has 0 N–H and O–H groups in total. The van der Waals surface area contributed by atoms with Crippen molar-refractivity contribution in [1.29, 1.82) is 0 Å². The molecule has 1 aliphatic rings. The van der Waals surface area contributed by atoms with Crippen LogP contribution in [0.2, 0.25) is 0 Å². The molecule has 28 heavy (non-hydrogen) atoms. The molecule has 2 amide bonds. The van der Waals surface area contributed by atoms with Gasteiger partial charge in [-0.1, -0.05) is 42.0 Å². The van der Waals surface area contributed by atoms with Crippen molar-refractivity contribution in [1.82, 2.24) is 19.4 Å². The summed E-state index contributed by atoms with van der Waals surface area (Å²) in [5.74, 6) is -0.0608. The summed E-state index contributed by atoms with van der Waals surface area (Å²) in [6.45, 7) is 5.72. The monoisotopic (exact) mass is 376 g/mol. The van der Waals surface area contributed by atoms with Crippen LogP contribution in [0, 0.1) is 6.92 Å². The average molecular weight is 376 g/mol. The zero-order valence-corrected chi connectivity index (χ0v) is 16.2. The Morgan fingerprint density at radius 1 is 1.11 bits per heavy atom. The van der Waals surface area contributed by atoms with E-state index in [9.17, 15) is 9.59 Å². The van der Waals surface area contributed by atoms with Crippen molar-refractivity contribution >= 4 is 22.8 Å². The minimum atomic E-state index is -0.399. The van der Waals surface area contributed by atoms with E-state index >= 15 is 0 Å². The summed E-state index contributed by atoms with van der Waals surface area (Å²) in [5.41, 5.74) is 4.09. The Morgan fingerprint density at radius 2 is 1.86 bits per heavy atom. The van der Waals surface area contributed by atoms with Gasteiger partial charge in [0.25, 0.3) is 0 Å². The van der Waals surface area contributed by atoms with Gasteiger partial charge in [0.2, 0.25) is 11.8 Å². The van der Waals surface area contributed by atoms with Crippen LogP contribution in [0.15, 0.2) is 54.9 Å². The van der Waals surface area contributed by atoms with Gasteiger partial charge in [0.1, 0.15) is 6.04 Å². The van der Waals surface area contributed by atoms with Gasteiger partial charge in [0.15, 0.2) is 0 Å². The summed E-state index contributed by atoms with van der Waals surface area (Å²) in [6, 6.07) is 15.5. The lowest BCUT2D eigenvalue weighted by Crippen LogP contribution is -2.53. The molecule has 1 aliphatic heterocycles. The summed E-state index contributed by atoms with van der Waals surface area (Å²) in [6.07, 6.45) is 1.70. The molecule has 1 saturated heterocycles. The maximum atomic E-state index is 13.0. The number of amides is 2. The van der Waals surface area contributed by atoms with E-state index in [2.05, 4.69) is 17.1 Å². The minimum absolute atomic E-state index is 0.0112. The lowest BCUT2D eigenvalue weighted by molar-refractivity contribution is -0.147. The van der Waals surface area contributed by atoms with Crippen molar-refractivity contribution in [3.8, 4) is 0 Å². The molecule has 2 aromatic carbocycles. The molecule has 1 unspecified atom stereocenters. The number of para-hydroxylation sites is 2. The van der Waals surface area contributed by atoms with E-state index in [1.165, 1.54) is 5.56 Å². The Bertz CT molecular complexity index is 1010. The van der Waals surface area contributed by atoms with Gasteiger partial charge in [0.05, 0.1) is 23.9 Å². The Morgan fingerprint density at radius 3 is 2.61 bits per heavy atom. The number of piperazine rings is 1. The second-order valence-electron chi connectivity index (χ2n) is 7.38. The molecule has 0 aliphatic carbocycles. The fourth-order valence-electron chi connectivity index (χ4n) is 3.65.